The molecule has 0 radical (unpaired) electrons. The van der Waals surface area contributed by atoms with Gasteiger partial charge in [0.15, 0.2) is 5.13 Å². The largest absolute Gasteiger partial charge is 0.321 e. The van der Waals surface area contributed by atoms with Crippen molar-refractivity contribution in [1.82, 2.24) is 4.98 Å². The number of hydrogen-bond acceptors (Lipinski definition) is 5. The van der Waals surface area contributed by atoms with Crippen LogP contribution in [0.3, 0.4) is 0 Å². The maximum absolute atomic E-state index is 12.4. The normalized spacial score (nSPS) is 11.3. The first-order valence-electron chi connectivity index (χ1n) is 7.04. The van der Waals surface area contributed by atoms with Crippen LogP contribution in [0.4, 0.5) is 10.8 Å². The van der Waals surface area contributed by atoms with E-state index in [1.165, 1.54) is 12.6 Å². The Kier molecular flexibility index (Phi) is 5.06. The van der Waals surface area contributed by atoms with Gasteiger partial charge in [-0.2, -0.15) is 0 Å². The summed E-state index contributed by atoms with van der Waals surface area (Å²) in [6.07, 6.45) is 2.03. The number of carbonyl (C=O) groups is 1. The average molecular weight is 353 g/mol. The topological polar surface area (TPSA) is 79.4 Å². The second kappa shape index (κ2) is 6.67. The number of carbonyl (C=O) groups excluding carboxylic acids is 1. The number of anilines is 2. The van der Waals surface area contributed by atoms with Crippen LogP contribution in [0.2, 0.25) is 0 Å². The van der Waals surface area contributed by atoms with Crippen LogP contribution >= 0.6 is 11.3 Å². The van der Waals surface area contributed by atoms with E-state index < -0.39 is 10.0 Å². The second-order valence-electron chi connectivity index (χ2n) is 5.15. The molecule has 1 amide bonds. The highest BCUT2D eigenvalue weighted by Crippen LogP contribution is 2.27. The molecule has 1 N–H and O–H groups in total. The zero-order valence-electron chi connectivity index (χ0n) is 13.5. The third kappa shape index (κ3) is 4.08. The molecule has 0 bridgehead atoms. The zero-order chi connectivity index (χ0) is 17.2. The highest BCUT2D eigenvalue weighted by Gasteiger charge is 2.21. The van der Waals surface area contributed by atoms with E-state index in [0.29, 0.717) is 16.3 Å². The van der Waals surface area contributed by atoms with Crippen molar-refractivity contribution < 1.29 is 13.2 Å². The molecule has 2 aromatic rings. The number of amides is 1. The lowest BCUT2D eigenvalue weighted by molar-refractivity contribution is 0.103. The summed E-state index contributed by atoms with van der Waals surface area (Å²) in [5.74, 6) is -0.294. The molecule has 0 aliphatic carbocycles. The Morgan fingerprint density at radius 3 is 2.43 bits per heavy atom. The molecule has 1 aromatic carbocycles. The summed E-state index contributed by atoms with van der Waals surface area (Å²) >= 11 is 1.05. The van der Waals surface area contributed by atoms with Gasteiger partial charge in [0.05, 0.1) is 11.9 Å². The van der Waals surface area contributed by atoms with Crippen molar-refractivity contribution in [1.29, 1.82) is 0 Å². The van der Waals surface area contributed by atoms with Gasteiger partial charge in [-0.1, -0.05) is 30.4 Å². The Morgan fingerprint density at radius 2 is 1.91 bits per heavy atom. The molecular weight excluding hydrogens is 334 g/mol. The summed E-state index contributed by atoms with van der Waals surface area (Å²) < 4.78 is 24.2. The minimum absolute atomic E-state index is 0.275. The summed E-state index contributed by atoms with van der Waals surface area (Å²) in [5.41, 5.74) is 2.38. The van der Waals surface area contributed by atoms with Crippen LogP contribution in [-0.2, 0) is 16.4 Å². The number of aryl methyl sites for hydroxylation is 2. The Labute approximate surface area is 140 Å². The van der Waals surface area contributed by atoms with Crippen LogP contribution in [-0.4, -0.2) is 32.6 Å². The van der Waals surface area contributed by atoms with Gasteiger partial charge in [-0.05, 0) is 31.0 Å². The van der Waals surface area contributed by atoms with Crippen molar-refractivity contribution in [2.24, 2.45) is 0 Å². The Hall–Kier alpha value is -1.93. The number of thiazole rings is 1. The van der Waals surface area contributed by atoms with Gasteiger partial charge in [0.25, 0.3) is 5.91 Å². The van der Waals surface area contributed by atoms with Gasteiger partial charge in [-0.3, -0.25) is 4.79 Å². The summed E-state index contributed by atoms with van der Waals surface area (Å²) in [5, 5.41) is 3.08. The van der Waals surface area contributed by atoms with Crippen molar-refractivity contribution in [3.63, 3.8) is 0 Å². The van der Waals surface area contributed by atoms with E-state index in [1.807, 2.05) is 24.3 Å². The first-order valence-corrected chi connectivity index (χ1v) is 9.70. The van der Waals surface area contributed by atoms with E-state index in [2.05, 4.69) is 17.2 Å². The summed E-state index contributed by atoms with van der Waals surface area (Å²) in [6.45, 7) is 3.75. The molecule has 1 aromatic heterocycles. The molecule has 1 heterocycles. The van der Waals surface area contributed by atoms with Gasteiger partial charge in [-0.15, -0.1) is 0 Å². The lowest BCUT2D eigenvalue weighted by atomic mass is 10.1. The van der Waals surface area contributed by atoms with Gasteiger partial charge in [0, 0.05) is 12.7 Å². The molecule has 0 atom stereocenters. The average Bonchev–Trinajstić information content (AvgIpc) is 2.88. The second-order valence-corrected chi connectivity index (χ2v) is 8.14. The van der Waals surface area contributed by atoms with Gasteiger partial charge < -0.3 is 5.32 Å². The summed E-state index contributed by atoms with van der Waals surface area (Å²) in [4.78, 5) is 16.9. The van der Waals surface area contributed by atoms with E-state index in [1.54, 1.807) is 6.92 Å². The first kappa shape index (κ1) is 17.4. The molecule has 0 aliphatic rings. The highest BCUT2D eigenvalue weighted by molar-refractivity contribution is 7.92. The minimum Gasteiger partial charge on any atom is -0.321 e. The number of hydrogen-bond donors (Lipinski definition) is 1. The zero-order valence-corrected chi connectivity index (χ0v) is 15.1. The molecule has 2 rings (SSSR count). The maximum atomic E-state index is 12.4. The number of rotatable bonds is 5. The Balaban J connectivity index is 2.21. The molecule has 23 heavy (non-hydrogen) atoms. The number of benzene rings is 1. The van der Waals surface area contributed by atoms with E-state index in [4.69, 9.17) is 0 Å². The standard InChI is InChI=1S/C15H19N3O3S2/c1-5-11-6-8-12(9-7-11)17-14(19)13-10(2)16-15(22-13)18(3)23(4,20)21/h6-9H,5H2,1-4H3,(H,17,19). The van der Waals surface area contributed by atoms with Crippen molar-refractivity contribution >= 4 is 38.1 Å². The van der Waals surface area contributed by atoms with Crippen LogP contribution in [0.15, 0.2) is 24.3 Å². The van der Waals surface area contributed by atoms with Gasteiger partial charge in [0.1, 0.15) is 4.88 Å². The third-order valence-electron chi connectivity index (χ3n) is 3.38. The molecule has 0 aliphatic heterocycles. The fourth-order valence-corrected chi connectivity index (χ4v) is 3.55. The van der Waals surface area contributed by atoms with E-state index in [9.17, 15) is 13.2 Å². The lowest BCUT2D eigenvalue weighted by Crippen LogP contribution is -2.24. The quantitative estimate of drug-likeness (QED) is 0.896. The fraction of sp³-hybridized carbons (Fsp3) is 0.333. The van der Waals surface area contributed by atoms with Gasteiger partial charge >= 0.3 is 0 Å². The molecule has 0 saturated carbocycles. The summed E-state index contributed by atoms with van der Waals surface area (Å²) in [6, 6.07) is 7.60. The van der Waals surface area contributed by atoms with E-state index >= 15 is 0 Å². The number of nitrogens with one attached hydrogen (secondary N) is 1. The Bertz CT molecular complexity index is 811. The molecule has 124 valence electrons. The van der Waals surface area contributed by atoms with Crippen molar-refractivity contribution in [2.75, 3.05) is 22.9 Å². The van der Waals surface area contributed by atoms with Gasteiger partial charge in [-0.25, -0.2) is 17.7 Å². The van der Waals surface area contributed by atoms with Crippen LogP contribution in [0, 0.1) is 6.92 Å². The highest BCUT2D eigenvalue weighted by atomic mass is 32.2. The fourth-order valence-electron chi connectivity index (χ4n) is 1.88. The molecule has 0 unspecified atom stereocenters. The van der Waals surface area contributed by atoms with Crippen molar-refractivity contribution in [2.45, 2.75) is 20.3 Å². The molecule has 8 heteroatoms. The predicted molar refractivity (Wildman–Crippen MR) is 93.9 cm³/mol. The van der Waals surface area contributed by atoms with Gasteiger partial charge in [0.2, 0.25) is 10.0 Å². The number of sulfonamides is 1. The van der Waals surface area contributed by atoms with Crippen LogP contribution in [0.1, 0.15) is 27.9 Å². The maximum Gasteiger partial charge on any atom is 0.267 e. The summed E-state index contributed by atoms with van der Waals surface area (Å²) in [7, 11) is -1.99. The third-order valence-corrected chi connectivity index (χ3v) is 5.89. The monoisotopic (exact) mass is 353 g/mol. The molecule has 0 spiro atoms. The SMILES string of the molecule is CCc1ccc(NC(=O)c2sc(N(C)S(C)(=O)=O)nc2C)cc1. The first-order chi connectivity index (χ1) is 10.7. The number of aromatic nitrogens is 1. The van der Waals surface area contributed by atoms with Crippen molar-refractivity contribution in [3.05, 3.63) is 40.4 Å². The predicted octanol–water partition coefficient (Wildman–Crippen LogP) is 2.66. The number of nitrogens with zero attached hydrogens (tertiary/aromatic N) is 2. The molecule has 0 fully saturated rings. The minimum atomic E-state index is -3.40. The van der Waals surface area contributed by atoms with Crippen LogP contribution in [0.25, 0.3) is 0 Å². The van der Waals surface area contributed by atoms with E-state index in [0.717, 1.165) is 28.3 Å². The van der Waals surface area contributed by atoms with Crippen molar-refractivity contribution in [3.8, 4) is 0 Å². The molecule has 6 nitrogen and oxygen atoms in total. The smallest absolute Gasteiger partial charge is 0.267 e. The molecular formula is C15H19N3O3S2. The molecule has 0 saturated heterocycles. The van der Waals surface area contributed by atoms with E-state index in [-0.39, 0.29) is 11.0 Å². The lowest BCUT2D eigenvalue weighted by Gasteiger charge is -2.11. The Morgan fingerprint density at radius 1 is 1.30 bits per heavy atom. The van der Waals surface area contributed by atoms with Crippen LogP contribution < -0.4 is 9.62 Å². The van der Waals surface area contributed by atoms with Crippen LogP contribution in [0.5, 0.6) is 0 Å².